The van der Waals surface area contributed by atoms with Gasteiger partial charge in [0.1, 0.15) is 5.82 Å². The van der Waals surface area contributed by atoms with Gasteiger partial charge < -0.3 is 5.32 Å². The average Bonchev–Trinajstić information content (AvgIpc) is 2.67. The molecule has 0 saturated heterocycles. The van der Waals surface area contributed by atoms with Crippen molar-refractivity contribution in [1.82, 2.24) is 5.32 Å². The van der Waals surface area contributed by atoms with E-state index in [0.29, 0.717) is 12.1 Å². The molecule has 2 rings (SSSR count). The normalized spacial score (nSPS) is 13.8. The fraction of sp³-hybridized carbons (Fsp3) is 0.286. The van der Waals surface area contributed by atoms with E-state index in [0.717, 1.165) is 17.5 Å². The Bertz CT molecular complexity index is 601. The Balaban J connectivity index is 2.34. The summed E-state index contributed by atoms with van der Waals surface area (Å²) in [6.45, 7) is 7.08. The summed E-state index contributed by atoms with van der Waals surface area (Å²) in [7, 11) is 0. The summed E-state index contributed by atoms with van der Waals surface area (Å²) in [5, 5.41) is 3.14. The maximum absolute atomic E-state index is 13.9. The molecule has 4 nitrogen and oxygen atoms in total. The Morgan fingerprint density at radius 2 is 2.15 bits per heavy atom. The van der Waals surface area contributed by atoms with Crippen LogP contribution in [-0.4, -0.2) is 31.3 Å². The molecular weight excluding hydrogens is 283 g/mol. The number of hydrogen-bond acceptors (Lipinski definition) is 3. The number of nitrogens with one attached hydrogen (secondary N) is 1. The molecule has 1 amide bonds. The molecule has 0 aliphatic carbocycles. The standard InChI is InChI=1S/C14H14ClFN2O2/c1-3-17-6-8(2)7-18-12-10(16)5-4-9(15)11(12)13(19)14(18)20/h4-5,17H,2-3,6-7H2,1H3. The molecular formula is C14H14ClFN2O2. The summed E-state index contributed by atoms with van der Waals surface area (Å²) in [4.78, 5) is 24.9. The zero-order valence-electron chi connectivity index (χ0n) is 11.0. The second-order valence-corrected chi connectivity index (χ2v) is 4.91. The van der Waals surface area contributed by atoms with E-state index in [1.165, 1.54) is 6.07 Å². The summed E-state index contributed by atoms with van der Waals surface area (Å²) in [5.41, 5.74) is 0.568. The summed E-state index contributed by atoms with van der Waals surface area (Å²) < 4.78 is 13.9. The van der Waals surface area contributed by atoms with Gasteiger partial charge in [0.2, 0.25) is 0 Å². The predicted molar refractivity (Wildman–Crippen MR) is 75.8 cm³/mol. The van der Waals surface area contributed by atoms with Gasteiger partial charge in [0.15, 0.2) is 0 Å². The van der Waals surface area contributed by atoms with Crippen molar-refractivity contribution < 1.29 is 14.0 Å². The van der Waals surface area contributed by atoms with Gasteiger partial charge in [-0.15, -0.1) is 0 Å². The van der Waals surface area contributed by atoms with Gasteiger partial charge in [-0.25, -0.2) is 4.39 Å². The maximum Gasteiger partial charge on any atom is 0.299 e. The number of Topliss-reactive ketones (excluding diaryl/α,β-unsaturated/α-hetero) is 1. The van der Waals surface area contributed by atoms with Crippen LogP contribution in [0.4, 0.5) is 10.1 Å². The van der Waals surface area contributed by atoms with Crippen LogP contribution in [-0.2, 0) is 4.79 Å². The number of carbonyl (C=O) groups is 2. The third-order valence-electron chi connectivity index (χ3n) is 3.02. The van der Waals surface area contributed by atoms with Crippen molar-refractivity contribution in [1.29, 1.82) is 0 Å². The summed E-state index contributed by atoms with van der Waals surface area (Å²) in [6.07, 6.45) is 0. The second-order valence-electron chi connectivity index (χ2n) is 4.50. The highest BCUT2D eigenvalue weighted by Crippen LogP contribution is 2.36. The molecule has 1 aliphatic rings. The van der Waals surface area contributed by atoms with Crippen molar-refractivity contribution in [2.45, 2.75) is 6.92 Å². The van der Waals surface area contributed by atoms with Crippen LogP contribution in [0.2, 0.25) is 5.02 Å². The lowest BCUT2D eigenvalue weighted by atomic mass is 10.1. The Morgan fingerprint density at radius 1 is 1.45 bits per heavy atom. The number of ketones is 1. The molecule has 1 aliphatic heterocycles. The van der Waals surface area contributed by atoms with E-state index < -0.39 is 17.5 Å². The van der Waals surface area contributed by atoms with E-state index in [1.54, 1.807) is 0 Å². The molecule has 1 aromatic carbocycles. The van der Waals surface area contributed by atoms with Crippen LogP contribution in [0.1, 0.15) is 17.3 Å². The Kier molecular flexibility index (Phi) is 4.20. The van der Waals surface area contributed by atoms with Gasteiger partial charge in [0.05, 0.1) is 16.3 Å². The van der Waals surface area contributed by atoms with Crippen molar-refractivity contribution in [2.24, 2.45) is 0 Å². The van der Waals surface area contributed by atoms with Crippen molar-refractivity contribution in [3.05, 3.63) is 40.7 Å². The fourth-order valence-electron chi connectivity index (χ4n) is 2.08. The van der Waals surface area contributed by atoms with Crippen LogP contribution in [0.25, 0.3) is 0 Å². The van der Waals surface area contributed by atoms with Crippen LogP contribution in [0.3, 0.4) is 0 Å². The molecule has 1 N–H and O–H groups in total. The van der Waals surface area contributed by atoms with Gasteiger partial charge in [-0.3, -0.25) is 14.5 Å². The van der Waals surface area contributed by atoms with Crippen LogP contribution in [0, 0.1) is 5.82 Å². The Hall–Kier alpha value is -1.72. The van der Waals surface area contributed by atoms with E-state index in [-0.39, 0.29) is 22.8 Å². The van der Waals surface area contributed by atoms with Crippen LogP contribution < -0.4 is 10.2 Å². The van der Waals surface area contributed by atoms with Gasteiger partial charge in [-0.1, -0.05) is 25.1 Å². The Morgan fingerprint density at radius 3 is 2.80 bits per heavy atom. The first-order valence-corrected chi connectivity index (χ1v) is 6.56. The number of halogens is 2. The first-order valence-electron chi connectivity index (χ1n) is 6.19. The van der Waals surface area contributed by atoms with Gasteiger partial charge >= 0.3 is 0 Å². The van der Waals surface area contributed by atoms with Gasteiger partial charge in [0.25, 0.3) is 11.7 Å². The molecule has 0 unspecified atom stereocenters. The molecule has 0 atom stereocenters. The van der Waals surface area contributed by atoms with E-state index in [9.17, 15) is 14.0 Å². The minimum absolute atomic E-state index is 0.0508. The van der Waals surface area contributed by atoms with Gasteiger partial charge in [0, 0.05) is 13.1 Å². The number of rotatable bonds is 5. The molecule has 0 bridgehead atoms. The maximum atomic E-state index is 13.9. The molecule has 0 fully saturated rings. The number of amides is 1. The number of nitrogens with zero attached hydrogens (tertiary/aromatic N) is 1. The van der Waals surface area contributed by atoms with Crippen molar-refractivity contribution in [2.75, 3.05) is 24.5 Å². The highest BCUT2D eigenvalue weighted by atomic mass is 35.5. The number of likely N-dealkylation sites (N-methyl/N-ethyl adjacent to an activating group) is 1. The van der Waals surface area contributed by atoms with E-state index in [1.807, 2.05) is 6.92 Å². The number of hydrogen-bond donors (Lipinski definition) is 1. The lowest BCUT2D eigenvalue weighted by Crippen LogP contribution is -2.34. The van der Waals surface area contributed by atoms with E-state index in [4.69, 9.17) is 11.6 Å². The van der Waals surface area contributed by atoms with Crippen molar-refractivity contribution in [3.63, 3.8) is 0 Å². The molecule has 1 heterocycles. The van der Waals surface area contributed by atoms with Crippen LogP contribution >= 0.6 is 11.6 Å². The molecule has 6 heteroatoms. The molecule has 106 valence electrons. The number of carbonyl (C=O) groups excluding carboxylic acids is 2. The fourth-order valence-corrected chi connectivity index (χ4v) is 2.32. The lowest BCUT2D eigenvalue weighted by Gasteiger charge is -2.18. The van der Waals surface area contributed by atoms with Crippen molar-refractivity contribution >= 4 is 29.0 Å². The summed E-state index contributed by atoms with van der Waals surface area (Å²) in [6, 6.07) is 2.42. The van der Waals surface area contributed by atoms with Crippen molar-refractivity contribution in [3.8, 4) is 0 Å². The zero-order chi connectivity index (χ0) is 14.9. The van der Waals surface area contributed by atoms with Crippen LogP contribution in [0.15, 0.2) is 24.3 Å². The number of anilines is 1. The van der Waals surface area contributed by atoms with E-state index in [2.05, 4.69) is 11.9 Å². The smallest absolute Gasteiger partial charge is 0.299 e. The quantitative estimate of drug-likeness (QED) is 0.669. The minimum atomic E-state index is -0.777. The second kappa shape index (κ2) is 5.73. The zero-order valence-corrected chi connectivity index (χ0v) is 11.8. The lowest BCUT2D eigenvalue weighted by molar-refractivity contribution is -0.114. The molecule has 0 saturated carbocycles. The summed E-state index contributed by atoms with van der Waals surface area (Å²) in [5.74, 6) is -2.19. The SMILES string of the molecule is C=C(CNCC)CN1C(=O)C(=O)c2c(Cl)ccc(F)c21. The summed E-state index contributed by atoms with van der Waals surface area (Å²) >= 11 is 5.89. The average molecular weight is 297 g/mol. The molecule has 20 heavy (non-hydrogen) atoms. The molecule has 0 aromatic heterocycles. The third-order valence-corrected chi connectivity index (χ3v) is 3.34. The highest BCUT2D eigenvalue weighted by molar-refractivity contribution is 6.55. The van der Waals surface area contributed by atoms with Crippen LogP contribution in [0.5, 0.6) is 0 Å². The topological polar surface area (TPSA) is 49.4 Å². The largest absolute Gasteiger partial charge is 0.313 e. The van der Waals surface area contributed by atoms with Gasteiger partial charge in [-0.05, 0) is 24.3 Å². The monoisotopic (exact) mass is 296 g/mol. The first kappa shape index (κ1) is 14.7. The van der Waals surface area contributed by atoms with Gasteiger partial charge in [-0.2, -0.15) is 0 Å². The third kappa shape index (κ3) is 2.46. The molecule has 1 aromatic rings. The first-order chi connectivity index (χ1) is 9.47. The molecule has 0 radical (unpaired) electrons. The highest BCUT2D eigenvalue weighted by Gasteiger charge is 2.39. The predicted octanol–water partition coefficient (Wildman–Crippen LogP) is 2.17. The number of fused-ring (bicyclic) bond motifs is 1. The molecule has 0 spiro atoms. The van der Waals surface area contributed by atoms with E-state index >= 15 is 0 Å². The Labute approximate surface area is 121 Å². The minimum Gasteiger partial charge on any atom is -0.313 e. The number of benzene rings is 1.